The Bertz CT molecular complexity index is 841. The first-order chi connectivity index (χ1) is 14.1. The molecular formula is C24H31ClN2O3. The van der Waals surface area contributed by atoms with Crippen molar-refractivity contribution in [1.82, 2.24) is 4.90 Å². The van der Waals surface area contributed by atoms with Gasteiger partial charge in [0, 0.05) is 30.1 Å². The Balaban J connectivity index is 0.00000256. The van der Waals surface area contributed by atoms with Crippen LogP contribution in [0.1, 0.15) is 36.3 Å². The number of methoxy groups -OCH3 is 1. The van der Waals surface area contributed by atoms with Crippen molar-refractivity contribution in [3.8, 4) is 5.75 Å². The van der Waals surface area contributed by atoms with Crippen LogP contribution in [0.5, 0.6) is 5.75 Å². The quantitative estimate of drug-likeness (QED) is 0.553. The maximum absolute atomic E-state index is 13.2. The summed E-state index contributed by atoms with van der Waals surface area (Å²) in [4.78, 5) is 15.6. The van der Waals surface area contributed by atoms with Crippen molar-refractivity contribution in [3.63, 3.8) is 0 Å². The molecule has 0 spiro atoms. The normalized spacial score (nSPS) is 25.4. The largest absolute Gasteiger partial charge is 0.497 e. The van der Waals surface area contributed by atoms with Gasteiger partial charge in [0.1, 0.15) is 5.75 Å². The number of piperidine rings is 1. The van der Waals surface area contributed by atoms with Gasteiger partial charge >= 0.3 is 5.97 Å². The summed E-state index contributed by atoms with van der Waals surface area (Å²) in [6.07, 6.45) is 3.92. The molecule has 162 valence electrons. The van der Waals surface area contributed by atoms with Crippen molar-refractivity contribution < 1.29 is 14.3 Å². The molecule has 0 saturated carbocycles. The number of carbonyl (C=O) groups is 1. The molecule has 2 fully saturated rings. The van der Waals surface area contributed by atoms with Crippen LogP contribution in [-0.2, 0) is 16.0 Å². The van der Waals surface area contributed by atoms with E-state index in [2.05, 4.69) is 24.1 Å². The van der Waals surface area contributed by atoms with Gasteiger partial charge in [-0.3, -0.25) is 9.69 Å². The number of nitrogens with two attached hydrogens (primary N) is 1. The molecule has 2 aliphatic rings. The molecule has 2 N–H and O–H groups in total. The fourth-order valence-electron chi connectivity index (χ4n) is 5.03. The predicted molar refractivity (Wildman–Crippen MR) is 121 cm³/mol. The number of esters is 1. The van der Waals surface area contributed by atoms with E-state index < -0.39 is 0 Å². The average molecular weight is 431 g/mol. The monoisotopic (exact) mass is 430 g/mol. The van der Waals surface area contributed by atoms with Crippen LogP contribution < -0.4 is 10.5 Å². The highest BCUT2D eigenvalue weighted by atomic mass is 35.5. The Labute approximate surface area is 184 Å². The second-order valence-electron chi connectivity index (χ2n) is 8.26. The first-order valence-corrected chi connectivity index (χ1v) is 10.4. The molecule has 2 saturated heterocycles. The molecule has 5 nitrogen and oxygen atoms in total. The van der Waals surface area contributed by atoms with Gasteiger partial charge in [0.15, 0.2) is 0 Å². The third-order valence-corrected chi connectivity index (χ3v) is 6.70. The maximum Gasteiger partial charge on any atom is 0.311 e. The SMILES string of the molecule is COc1ccc([C@H]2C[C@H]3CC[C@H]([C@H]2C(=O)OCCc2ccc(N)cc2)N3C)cc1.Cl. The number of fused-ring (bicyclic) bond motifs is 2. The van der Waals surface area contributed by atoms with E-state index in [4.69, 9.17) is 15.2 Å². The number of ether oxygens (including phenoxy) is 2. The zero-order valence-corrected chi connectivity index (χ0v) is 18.4. The molecule has 0 aliphatic carbocycles. The molecule has 2 aliphatic heterocycles. The van der Waals surface area contributed by atoms with Gasteiger partial charge in [-0.2, -0.15) is 0 Å². The molecule has 2 heterocycles. The first kappa shape index (κ1) is 22.4. The summed E-state index contributed by atoms with van der Waals surface area (Å²) >= 11 is 0. The van der Waals surface area contributed by atoms with Gasteiger partial charge in [0.2, 0.25) is 0 Å². The van der Waals surface area contributed by atoms with Crippen molar-refractivity contribution in [2.75, 3.05) is 26.5 Å². The lowest BCUT2D eigenvalue weighted by Crippen LogP contribution is -2.49. The van der Waals surface area contributed by atoms with Crippen molar-refractivity contribution in [2.24, 2.45) is 5.92 Å². The molecule has 0 aromatic heterocycles. The van der Waals surface area contributed by atoms with Crippen LogP contribution in [-0.4, -0.2) is 43.7 Å². The Morgan fingerprint density at radius 2 is 1.80 bits per heavy atom. The molecule has 4 atom stereocenters. The Hall–Kier alpha value is -2.24. The standard InChI is InChI=1S/C24H30N2O3.ClH/c1-26-19-9-12-22(26)23(21(15-19)17-5-10-20(28-2)11-6-17)24(27)29-14-13-16-3-7-18(25)8-4-16;/h3-8,10-11,19,21-23H,9,12-15,25H2,1-2H3;1H/t19-,21-,22-,23+;/m1./s1. The summed E-state index contributed by atoms with van der Waals surface area (Å²) in [6, 6.07) is 16.7. The summed E-state index contributed by atoms with van der Waals surface area (Å²) in [6.45, 7) is 0.397. The number of benzene rings is 2. The van der Waals surface area contributed by atoms with Gasteiger partial charge in [0.05, 0.1) is 19.6 Å². The van der Waals surface area contributed by atoms with Crippen LogP contribution in [0, 0.1) is 5.92 Å². The molecule has 30 heavy (non-hydrogen) atoms. The number of hydrogen-bond acceptors (Lipinski definition) is 5. The number of hydrogen-bond donors (Lipinski definition) is 1. The van der Waals surface area contributed by atoms with E-state index in [1.54, 1.807) is 7.11 Å². The summed E-state index contributed by atoms with van der Waals surface area (Å²) in [5, 5.41) is 0. The molecule has 6 heteroatoms. The second kappa shape index (κ2) is 9.71. The Kier molecular flexibility index (Phi) is 7.27. The smallest absolute Gasteiger partial charge is 0.311 e. The number of anilines is 1. The number of carbonyl (C=O) groups excluding carboxylic acids is 1. The van der Waals surface area contributed by atoms with Gasteiger partial charge in [-0.15, -0.1) is 12.4 Å². The molecule has 2 aromatic rings. The first-order valence-electron chi connectivity index (χ1n) is 10.4. The molecule has 0 amide bonds. The van der Waals surface area contributed by atoms with Crippen molar-refractivity contribution >= 4 is 24.1 Å². The minimum atomic E-state index is -0.126. The highest BCUT2D eigenvalue weighted by Crippen LogP contribution is 2.46. The van der Waals surface area contributed by atoms with Gasteiger partial charge in [0.25, 0.3) is 0 Å². The van der Waals surface area contributed by atoms with Crippen LogP contribution >= 0.6 is 12.4 Å². The Morgan fingerprint density at radius 3 is 2.47 bits per heavy atom. The van der Waals surface area contributed by atoms with E-state index in [0.717, 1.165) is 36.3 Å². The van der Waals surface area contributed by atoms with Crippen LogP contribution in [0.3, 0.4) is 0 Å². The summed E-state index contributed by atoms with van der Waals surface area (Å²) in [7, 11) is 3.83. The predicted octanol–water partition coefficient (Wildman–Crippen LogP) is 4.05. The van der Waals surface area contributed by atoms with E-state index in [9.17, 15) is 4.79 Å². The topological polar surface area (TPSA) is 64.8 Å². The number of nitrogen functional groups attached to an aromatic ring is 1. The minimum Gasteiger partial charge on any atom is -0.497 e. The molecule has 2 aromatic carbocycles. The molecule has 4 rings (SSSR count). The molecule has 0 unspecified atom stereocenters. The van der Waals surface area contributed by atoms with E-state index in [1.165, 1.54) is 5.56 Å². The van der Waals surface area contributed by atoms with Gasteiger partial charge in [-0.25, -0.2) is 0 Å². The lowest BCUT2D eigenvalue weighted by atomic mass is 9.76. The minimum absolute atomic E-state index is 0. The van der Waals surface area contributed by atoms with Gasteiger partial charge in [-0.05, 0) is 61.7 Å². The van der Waals surface area contributed by atoms with Crippen molar-refractivity contribution in [1.29, 1.82) is 0 Å². The van der Waals surface area contributed by atoms with E-state index in [-0.39, 0.29) is 36.3 Å². The second-order valence-corrected chi connectivity index (χ2v) is 8.26. The zero-order valence-electron chi connectivity index (χ0n) is 17.6. The van der Waals surface area contributed by atoms with E-state index in [0.29, 0.717) is 19.1 Å². The van der Waals surface area contributed by atoms with Crippen molar-refractivity contribution in [2.45, 2.75) is 43.7 Å². The lowest BCUT2D eigenvalue weighted by molar-refractivity contribution is -0.153. The number of halogens is 1. The highest BCUT2D eigenvalue weighted by Gasteiger charge is 2.49. The summed E-state index contributed by atoms with van der Waals surface area (Å²) < 4.78 is 11.1. The van der Waals surface area contributed by atoms with Gasteiger partial charge in [-0.1, -0.05) is 24.3 Å². The third kappa shape index (κ3) is 4.57. The lowest BCUT2D eigenvalue weighted by Gasteiger charge is -2.42. The number of nitrogens with zero attached hydrogens (tertiary/aromatic N) is 1. The van der Waals surface area contributed by atoms with Crippen molar-refractivity contribution in [3.05, 3.63) is 59.7 Å². The summed E-state index contributed by atoms with van der Waals surface area (Å²) in [5.41, 5.74) is 8.81. The van der Waals surface area contributed by atoms with Gasteiger partial charge < -0.3 is 15.2 Å². The third-order valence-electron chi connectivity index (χ3n) is 6.70. The number of rotatable bonds is 6. The summed E-state index contributed by atoms with van der Waals surface area (Å²) in [5.74, 6) is 0.836. The van der Waals surface area contributed by atoms with Crippen LogP contribution in [0.4, 0.5) is 5.69 Å². The molecule has 0 radical (unpaired) electrons. The zero-order chi connectivity index (χ0) is 20.4. The van der Waals surface area contributed by atoms with Crippen LogP contribution in [0.15, 0.2) is 48.5 Å². The maximum atomic E-state index is 13.2. The average Bonchev–Trinajstić information content (AvgIpc) is 2.97. The molecule has 2 bridgehead atoms. The highest BCUT2D eigenvalue weighted by molar-refractivity contribution is 5.85. The van der Waals surface area contributed by atoms with Crippen LogP contribution in [0.25, 0.3) is 0 Å². The van der Waals surface area contributed by atoms with E-state index in [1.807, 2.05) is 36.4 Å². The fourth-order valence-corrected chi connectivity index (χ4v) is 5.03. The molecular weight excluding hydrogens is 400 g/mol. The van der Waals surface area contributed by atoms with Crippen LogP contribution in [0.2, 0.25) is 0 Å². The van der Waals surface area contributed by atoms with E-state index >= 15 is 0 Å². The fraction of sp³-hybridized carbons (Fsp3) is 0.458. The Morgan fingerprint density at radius 1 is 1.10 bits per heavy atom.